The average molecular weight is 339 g/mol. The van der Waals surface area contributed by atoms with Crippen LogP contribution in [0.25, 0.3) is 5.57 Å². The molecule has 18 heavy (non-hydrogen) atoms. The standard InChI is InChI=1S/C13H9F3N.Rh/c14-13(15,16)11-7-8-12(17-9-11)10-5-3-1-2-4-6-10;/h1-4,7-9H,5H2;/q-1;. The predicted octanol–water partition coefficient (Wildman–Crippen LogP) is 3.80. The number of nitrogens with zero attached hydrogens (tertiary/aromatic N) is 1. The summed E-state index contributed by atoms with van der Waals surface area (Å²) in [7, 11) is 0. The molecule has 1 aromatic rings. The van der Waals surface area contributed by atoms with E-state index in [2.05, 4.69) is 11.1 Å². The third-order valence-corrected chi connectivity index (χ3v) is 2.32. The van der Waals surface area contributed by atoms with Crippen molar-refractivity contribution in [1.82, 2.24) is 4.98 Å². The van der Waals surface area contributed by atoms with E-state index in [1.54, 1.807) is 6.08 Å². The van der Waals surface area contributed by atoms with E-state index < -0.39 is 11.7 Å². The number of pyridine rings is 1. The fourth-order valence-corrected chi connectivity index (χ4v) is 1.45. The minimum atomic E-state index is -4.34. The Labute approximate surface area is 116 Å². The number of hydrogen-bond acceptors (Lipinski definition) is 1. The van der Waals surface area contributed by atoms with Crippen molar-refractivity contribution in [1.29, 1.82) is 0 Å². The van der Waals surface area contributed by atoms with E-state index in [9.17, 15) is 13.2 Å². The van der Waals surface area contributed by atoms with Crippen molar-refractivity contribution in [2.24, 2.45) is 0 Å². The Bertz CT molecular complexity index is 484. The van der Waals surface area contributed by atoms with Gasteiger partial charge in [-0.3, -0.25) is 0 Å². The number of alkyl halides is 3. The van der Waals surface area contributed by atoms with E-state index in [0.717, 1.165) is 17.8 Å². The van der Waals surface area contributed by atoms with Gasteiger partial charge in [-0.25, -0.2) is 0 Å². The second-order valence-electron chi connectivity index (χ2n) is 3.54. The van der Waals surface area contributed by atoms with Crippen LogP contribution >= 0.6 is 0 Å². The zero-order valence-electron chi connectivity index (χ0n) is 9.16. The number of allylic oxidation sites excluding steroid dienone is 6. The van der Waals surface area contributed by atoms with Crippen molar-refractivity contribution in [2.75, 3.05) is 0 Å². The summed E-state index contributed by atoms with van der Waals surface area (Å²) in [5.74, 6) is 0. The largest absolute Gasteiger partial charge is 0.417 e. The molecular weight excluding hydrogens is 330 g/mol. The molecule has 5 heteroatoms. The molecule has 0 aromatic carbocycles. The number of hydrogen-bond donors (Lipinski definition) is 0. The van der Waals surface area contributed by atoms with Gasteiger partial charge in [0, 0.05) is 25.7 Å². The molecule has 1 aliphatic rings. The molecule has 0 fully saturated rings. The molecular formula is C13H9F3NRh-. The second kappa shape index (κ2) is 6.10. The summed E-state index contributed by atoms with van der Waals surface area (Å²) in [6.45, 7) is 0. The molecule has 1 nitrogen and oxygen atoms in total. The minimum Gasteiger partial charge on any atom is -0.319 e. The quantitative estimate of drug-likeness (QED) is 0.560. The summed E-state index contributed by atoms with van der Waals surface area (Å²) in [5.41, 5.74) is 0.569. The Hall–Kier alpha value is -1.22. The predicted molar refractivity (Wildman–Crippen MR) is 58.8 cm³/mol. The topological polar surface area (TPSA) is 12.9 Å². The molecule has 0 saturated carbocycles. The fraction of sp³-hybridized carbons (Fsp3) is 0.154. The smallest absolute Gasteiger partial charge is 0.319 e. The fourth-order valence-electron chi connectivity index (χ4n) is 1.45. The van der Waals surface area contributed by atoms with Gasteiger partial charge in [0.25, 0.3) is 0 Å². The Balaban J connectivity index is 0.00000162. The van der Waals surface area contributed by atoms with Crippen molar-refractivity contribution in [3.8, 4) is 0 Å². The van der Waals surface area contributed by atoms with Crippen LogP contribution in [0.3, 0.4) is 0 Å². The first-order chi connectivity index (χ1) is 8.07. The summed E-state index contributed by atoms with van der Waals surface area (Å²) in [6, 6.07) is 2.41. The molecule has 0 spiro atoms. The Morgan fingerprint density at radius 2 is 1.94 bits per heavy atom. The van der Waals surface area contributed by atoms with Crippen LogP contribution in [-0.4, -0.2) is 4.98 Å². The van der Waals surface area contributed by atoms with Gasteiger partial charge in [0.2, 0.25) is 0 Å². The van der Waals surface area contributed by atoms with Crippen molar-refractivity contribution in [2.45, 2.75) is 12.6 Å². The average Bonchev–Trinajstić information content (AvgIpc) is 2.56. The number of aromatic nitrogens is 1. The van der Waals surface area contributed by atoms with Crippen molar-refractivity contribution in [3.63, 3.8) is 0 Å². The third kappa shape index (κ3) is 3.64. The van der Waals surface area contributed by atoms with Gasteiger partial charge in [0.1, 0.15) is 0 Å². The first kappa shape index (κ1) is 14.8. The summed E-state index contributed by atoms with van der Waals surface area (Å²) >= 11 is 0. The van der Waals surface area contributed by atoms with Gasteiger partial charge in [0.05, 0.1) is 5.56 Å². The minimum absolute atomic E-state index is 0. The van der Waals surface area contributed by atoms with Gasteiger partial charge in [-0.2, -0.15) is 31.4 Å². The van der Waals surface area contributed by atoms with E-state index in [1.807, 2.05) is 18.2 Å². The van der Waals surface area contributed by atoms with Crippen LogP contribution in [0, 0.1) is 6.08 Å². The van der Waals surface area contributed by atoms with E-state index >= 15 is 0 Å². The molecule has 0 atom stereocenters. The summed E-state index contributed by atoms with van der Waals surface area (Å²) in [5, 5.41) is 0. The third-order valence-electron chi connectivity index (χ3n) is 2.32. The molecule has 0 amide bonds. The van der Waals surface area contributed by atoms with Gasteiger partial charge < -0.3 is 4.98 Å². The van der Waals surface area contributed by atoms with Gasteiger partial charge >= 0.3 is 6.18 Å². The Kier molecular flexibility index (Phi) is 5.03. The molecule has 1 aromatic heterocycles. The van der Waals surface area contributed by atoms with Crippen molar-refractivity contribution in [3.05, 3.63) is 60.0 Å². The monoisotopic (exact) mass is 339 g/mol. The van der Waals surface area contributed by atoms with Crippen LogP contribution in [0.4, 0.5) is 13.2 Å². The molecule has 97 valence electrons. The van der Waals surface area contributed by atoms with Crippen molar-refractivity contribution < 1.29 is 32.6 Å². The maximum absolute atomic E-state index is 12.3. The maximum atomic E-state index is 12.3. The van der Waals surface area contributed by atoms with Crippen LogP contribution in [0.5, 0.6) is 0 Å². The maximum Gasteiger partial charge on any atom is 0.417 e. The first-order valence-electron chi connectivity index (χ1n) is 5.05. The van der Waals surface area contributed by atoms with E-state index in [4.69, 9.17) is 0 Å². The molecule has 0 unspecified atom stereocenters. The normalized spacial score (nSPS) is 14.7. The van der Waals surface area contributed by atoms with Gasteiger partial charge in [-0.05, 0) is 12.1 Å². The molecule has 1 radical (unpaired) electrons. The van der Waals surface area contributed by atoms with E-state index in [-0.39, 0.29) is 19.5 Å². The van der Waals surface area contributed by atoms with Crippen molar-refractivity contribution >= 4 is 5.57 Å². The number of rotatable bonds is 1. The van der Waals surface area contributed by atoms with Gasteiger partial charge in [0.15, 0.2) is 0 Å². The first-order valence-corrected chi connectivity index (χ1v) is 5.05. The SMILES string of the molecule is FC(F)(F)c1ccc(C2=[C-]C=CC=CC2)nc1.[Rh]. The molecule has 1 heterocycles. The zero-order valence-corrected chi connectivity index (χ0v) is 10.8. The number of halogens is 3. The molecule has 0 saturated heterocycles. The summed E-state index contributed by atoms with van der Waals surface area (Å²) in [6.07, 6.45) is 7.42. The molecule has 0 bridgehead atoms. The second-order valence-corrected chi connectivity index (χ2v) is 3.54. The summed E-state index contributed by atoms with van der Waals surface area (Å²) < 4.78 is 37.0. The molecule has 2 rings (SSSR count). The van der Waals surface area contributed by atoms with E-state index in [1.165, 1.54) is 6.07 Å². The Morgan fingerprint density at radius 3 is 2.56 bits per heavy atom. The summed E-state index contributed by atoms with van der Waals surface area (Å²) in [4.78, 5) is 3.82. The van der Waals surface area contributed by atoms with Crippen LogP contribution in [0.2, 0.25) is 0 Å². The van der Waals surface area contributed by atoms with E-state index in [0.29, 0.717) is 12.1 Å². The van der Waals surface area contributed by atoms with Crippen LogP contribution < -0.4 is 0 Å². The van der Waals surface area contributed by atoms with Crippen LogP contribution in [-0.2, 0) is 25.7 Å². The Morgan fingerprint density at radius 1 is 1.17 bits per heavy atom. The van der Waals surface area contributed by atoms with Crippen LogP contribution in [0.1, 0.15) is 17.7 Å². The molecule has 0 N–H and O–H groups in total. The molecule has 0 aliphatic heterocycles. The van der Waals surface area contributed by atoms with Crippen LogP contribution in [0.15, 0.2) is 42.6 Å². The van der Waals surface area contributed by atoms with Gasteiger partial charge in [-0.1, -0.05) is 18.2 Å². The zero-order chi connectivity index (χ0) is 12.3. The molecule has 1 aliphatic carbocycles. The van der Waals surface area contributed by atoms with Gasteiger partial charge in [-0.15, -0.1) is 11.6 Å².